The highest BCUT2D eigenvalue weighted by atomic mass is 16.3. The van der Waals surface area contributed by atoms with Gasteiger partial charge in [-0.25, -0.2) is 0 Å². The molecule has 0 radical (unpaired) electrons. The lowest BCUT2D eigenvalue weighted by Gasteiger charge is -2.25. The highest BCUT2D eigenvalue weighted by Gasteiger charge is 2.39. The van der Waals surface area contributed by atoms with E-state index in [9.17, 15) is 4.79 Å². The average Bonchev–Trinajstić information content (AvgIpc) is 3.11. The molecule has 1 N–H and O–H groups in total. The van der Waals surface area contributed by atoms with Crippen molar-refractivity contribution in [1.29, 1.82) is 0 Å². The van der Waals surface area contributed by atoms with Crippen LogP contribution in [0.2, 0.25) is 0 Å². The minimum absolute atomic E-state index is 0.0888. The molecule has 1 saturated heterocycles. The van der Waals surface area contributed by atoms with Crippen LogP contribution in [0.3, 0.4) is 0 Å². The minimum Gasteiger partial charge on any atom is -0.466 e. The summed E-state index contributed by atoms with van der Waals surface area (Å²) in [6, 6.07) is 2.16. The Bertz CT molecular complexity index is 746. The molecule has 0 bridgehead atoms. The third-order valence-corrected chi connectivity index (χ3v) is 5.15. The van der Waals surface area contributed by atoms with E-state index in [1.54, 1.807) is 0 Å². The molecule has 0 aliphatic carbocycles. The number of likely N-dealkylation sites (tertiary alicyclic amines) is 1. The highest BCUT2D eigenvalue weighted by molar-refractivity contribution is 5.79. The predicted octanol–water partition coefficient (Wildman–Crippen LogP) is 2.25. The quantitative estimate of drug-likeness (QED) is 0.913. The van der Waals surface area contributed by atoms with Gasteiger partial charge >= 0.3 is 0 Å². The van der Waals surface area contributed by atoms with Gasteiger partial charge in [0.1, 0.15) is 11.5 Å². The molecule has 130 valence electrons. The zero-order valence-electron chi connectivity index (χ0n) is 15.1. The molecule has 1 amide bonds. The predicted molar refractivity (Wildman–Crippen MR) is 91.5 cm³/mol. The molecule has 1 fully saturated rings. The SMILES string of the molecule is Cc1cc(CNC[C@@H]2CC(=O)N(C)[C@H]2c2cnn(C)c2C)c(C)o1. The second-order valence-corrected chi connectivity index (χ2v) is 6.79. The molecule has 6 heteroatoms. The fourth-order valence-corrected chi connectivity index (χ4v) is 3.65. The lowest BCUT2D eigenvalue weighted by Crippen LogP contribution is -2.29. The van der Waals surface area contributed by atoms with Crippen LogP contribution in [0.25, 0.3) is 0 Å². The lowest BCUT2D eigenvalue weighted by molar-refractivity contribution is -0.127. The smallest absolute Gasteiger partial charge is 0.223 e. The summed E-state index contributed by atoms with van der Waals surface area (Å²) in [5.74, 6) is 2.34. The molecule has 2 aromatic heterocycles. The van der Waals surface area contributed by atoms with Crippen LogP contribution in [-0.4, -0.2) is 34.2 Å². The van der Waals surface area contributed by atoms with E-state index in [2.05, 4.69) is 23.4 Å². The molecule has 0 aromatic carbocycles. The van der Waals surface area contributed by atoms with Crippen molar-refractivity contribution in [2.24, 2.45) is 13.0 Å². The normalized spacial score (nSPS) is 21.0. The molecule has 6 nitrogen and oxygen atoms in total. The number of aromatic nitrogens is 2. The second kappa shape index (κ2) is 6.43. The molecular formula is C18H26N4O2. The molecular weight excluding hydrogens is 304 g/mol. The van der Waals surface area contributed by atoms with Crippen LogP contribution >= 0.6 is 0 Å². The van der Waals surface area contributed by atoms with Gasteiger partial charge in [-0.2, -0.15) is 5.10 Å². The zero-order valence-corrected chi connectivity index (χ0v) is 15.1. The maximum atomic E-state index is 12.2. The molecule has 24 heavy (non-hydrogen) atoms. The van der Waals surface area contributed by atoms with E-state index in [1.165, 1.54) is 5.56 Å². The van der Waals surface area contributed by atoms with Crippen LogP contribution in [0.4, 0.5) is 0 Å². The largest absolute Gasteiger partial charge is 0.466 e. The molecule has 0 unspecified atom stereocenters. The molecule has 3 heterocycles. The van der Waals surface area contributed by atoms with E-state index in [1.807, 2.05) is 43.7 Å². The number of nitrogens with one attached hydrogen (secondary N) is 1. The average molecular weight is 330 g/mol. The van der Waals surface area contributed by atoms with Gasteiger partial charge in [0.05, 0.1) is 12.2 Å². The summed E-state index contributed by atoms with van der Waals surface area (Å²) in [5.41, 5.74) is 3.44. The molecule has 1 aliphatic rings. The maximum absolute atomic E-state index is 12.2. The van der Waals surface area contributed by atoms with Gasteiger partial charge < -0.3 is 14.6 Å². The third-order valence-electron chi connectivity index (χ3n) is 5.15. The van der Waals surface area contributed by atoms with E-state index in [4.69, 9.17) is 4.42 Å². The summed E-state index contributed by atoms with van der Waals surface area (Å²) >= 11 is 0. The number of furan rings is 1. The molecule has 2 atom stereocenters. The first kappa shape index (κ1) is 16.8. The number of carbonyl (C=O) groups is 1. The first-order valence-electron chi connectivity index (χ1n) is 8.39. The molecule has 0 spiro atoms. The number of rotatable bonds is 5. The molecule has 2 aromatic rings. The third kappa shape index (κ3) is 2.98. The van der Waals surface area contributed by atoms with Gasteiger partial charge in [-0.3, -0.25) is 9.48 Å². The first-order valence-corrected chi connectivity index (χ1v) is 8.39. The second-order valence-electron chi connectivity index (χ2n) is 6.79. The van der Waals surface area contributed by atoms with Crippen LogP contribution in [0, 0.1) is 26.7 Å². The van der Waals surface area contributed by atoms with Gasteiger partial charge in [-0.05, 0) is 26.8 Å². The Kier molecular flexibility index (Phi) is 4.49. The van der Waals surface area contributed by atoms with E-state index in [-0.39, 0.29) is 17.9 Å². The van der Waals surface area contributed by atoms with Crippen molar-refractivity contribution >= 4 is 5.91 Å². The van der Waals surface area contributed by atoms with E-state index >= 15 is 0 Å². The Hall–Kier alpha value is -2.08. The van der Waals surface area contributed by atoms with Gasteiger partial charge in [-0.15, -0.1) is 0 Å². The number of amides is 1. The van der Waals surface area contributed by atoms with E-state index < -0.39 is 0 Å². The van der Waals surface area contributed by atoms with Crippen molar-refractivity contribution in [1.82, 2.24) is 20.0 Å². The Labute approximate surface area is 142 Å². The topological polar surface area (TPSA) is 63.3 Å². The highest BCUT2D eigenvalue weighted by Crippen LogP contribution is 2.37. The first-order chi connectivity index (χ1) is 11.4. The Morgan fingerprint density at radius 1 is 1.33 bits per heavy atom. The zero-order chi connectivity index (χ0) is 17.4. The van der Waals surface area contributed by atoms with Crippen LogP contribution in [0.15, 0.2) is 16.7 Å². The number of hydrogen-bond acceptors (Lipinski definition) is 4. The molecule has 3 rings (SSSR count). The minimum atomic E-state index is 0.0888. The van der Waals surface area contributed by atoms with Crippen molar-refractivity contribution in [2.75, 3.05) is 13.6 Å². The summed E-state index contributed by atoms with van der Waals surface area (Å²) in [7, 11) is 3.83. The summed E-state index contributed by atoms with van der Waals surface area (Å²) < 4.78 is 7.44. The van der Waals surface area contributed by atoms with E-state index in [0.717, 1.165) is 35.9 Å². The number of hydrogen-bond donors (Lipinski definition) is 1. The van der Waals surface area contributed by atoms with Crippen LogP contribution in [-0.2, 0) is 18.4 Å². The summed E-state index contributed by atoms with van der Waals surface area (Å²) in [4.78, 5) is 14.1. The Balaban J connectivity index is 1.70. The van der Waals surface area contributed by atoms with Gasteiger partial charge in [0.15, 0.2) is 0 Å². The van der Waals surface area contributed by atoms with Crippen LogP contribution < -0.4 is 5.32 Å². The molecule has 0 saturated carbocycles. The summed E-state index contributed by atoms with van der Waals surface area (Å²) in [6.07, 6.45) is 2.47. The number of carbonyl (C=O) groups excluding carboxylic acids is 1. The number of nitrogens with zero attached hydrogens (tertiary/aromatic N) is 3. The standard InChI is InChI=1S/C18H26N4O2/c1-11-6-14(13(3)24-11)8-19-9-15-7-17(23)21(4)18(15)16-10-20-22(5)12(16)2/h6,10,15,18-19H,7-9H2,1-5H3/t15-,18+/m0/s1. The van der Waals surface area contributed by atoms with Crippen LogP contribution in [0.5, 0.6) is 0 Å². The van der Waals surface area contributed by atoms with Crippen LogP contribution in [0.1, 0.15) is 40.8 Å². The van der Waals surface area contributed by atoms with Gasteiger partial charge in [0.25, 0.3) is 0 Å². The van der Waals surface area contributed by atoms with E-state index in [0.29, 0.717) is 6.42 Å². The van der Waals surface area contributed by atoms with Crippen molar-refractivity contribution in [3.8, 4) is 0 Å². The Morgan fingerprint density at radius 3 is 2.67 bits per heavy atom. The molecule has 1 aliphatic heterocycles. The maximum Gasteiger partial charge on any atom is 0.223 e. The fraction of sp³-hybridized carbons (Fsp3) is 0.556. The van der Waals surface area contributed by atoms with Crippen molar-refractivity contribution < 1.29 is 9.21 Å². The Morgan fingerprint density at radius 2 is 2.08 bits per heavy atom. The lowest BCUT2D eigenvalue weighted by atomic mass is 9.94. The van der Waals surface area contributed by atoms with Crippen molar-refractivity contribution in [3.05, 3.63) is 40.6 Å². The summed E-state index contributed by atoms with van der Waals surface area (Å²) in [6.45, 7) is 7.55. The monoisotopic (exact) mass is 330 g/mol. The van der Waals surface area contributed by atoms with Crippen molar-refractivity contribution in [3.63, 3.8) is 0 Å². The fourth-order valence-electron chi connectivity index (χ4n) is 3.65. The summed E-state index contributed by atoms with van der Waals surface area (Å²) in [5, 5.41) is 7.84. The van der Waals surface area contributed by atoms with Gasteiger partial charge in [-0.1, -0.05) is 0 Å². The van der Waals surface area contributed by atoms with Gasteiger partial charge in [0, 0.05) is 56.3 Å². The number of aryl methyl sites for hydroxylation is 3. The van der Waals surface area contributed by atoms with Crippen molar-refractivity contribution in [2.45, 2.75) is 39.8 Å². The van der Waals surface area contributed by atoms with Gasteiger partial charge in [0.2, 0.25) is 5.91 Å².